The molecule has 2 heterocycles. The van der Waals surface area contributed by atoms with Gasteiger partial charge in [-0.05, 0) is 34.8 Å². The number of amides is 1. The largest absolute Gasteiger partial charge is 0.343 e. The van der Waals surface area contributed by atoms with Crippen molar-refractivity contribution in [1.29, 1.82) is 0 Å². The zero-order valence-electron chi connectivity index (χ0n) is 8.69. The van der Waals surface area contributed by atoms with Crippen molar-refractivity contribution >= 4 is 21.8 Å². The van der Waals surface area contributed by atoms with Gasteiger partial charge in [-0.2, -0.15) is 5.10 Å². The molecule has 0 N–H and O–H groups in total. The maximum Gasteiger partial charge on any atom is 0.219 e. The molecule has 4 nitrogen and oxygen atoms in total. The maximum atomic E-state index is 11.2. The highest BCUT2D eigenvalue weighted by Crippen LogP contribution is 2.25. The lowest BCUT2D eigenvalue weighted by Crippen LogP contribution is -2.37. The lowest BCUT2D eigenvalue weighted by Gasteiger charge is -2.31. The number of rotatable bonds is 1. The second-order valence-electron chi connectivity index (χ2n) is 3.84. The molecule has 1 amide bonds. The SMILES string of the molecule is CC(=O)N1CCC(n2nccc2Br)CC1. The van der Waals surface area contributed by atoms with Gasteiger partial charge in [0.25, 0.3) is 0 Å². The molecule has 0 unspecified atom stereocenters. The highest BCUT2D eigenvalue weighted by Gasteiger charge is 2.23. The van der Waals surface area contributed by atoms with Crippen LogP contribution in [0, 0.1) is 0 Å². The number of carbonyl (C=O) groups excluding carboxylic acids is 1. The van der Waals surface area contributed by atoms with Crippen molar-refractivity contribution in [3.05, 3.63) is 16.9 Å². The second-order valence-corrected chi connectivity index (χ2v) is 4.65. The minimum atomic E-state index is 0.174. The van der Waals surface area contributed by atoms with Crippen molar-refractivity contribution in [2.45, 2.75) is 25.8 Å². The third-order valence-corrected chi connectivity index (χ3v) is 3.51. The molecule has 0 aromatic carbocycles. The van der Waals surface area contributed by atoms with Gasteiger partial charge in [-0.1, -0.05) is 0 Å². The Kier molecular flexibility index (Phi) is 3.09. The molecule has 1 aliphatic heterocycles. The molecule has 15 heavy (non-hydrogen) atoms. The van der Waals surface area contributed by atoms with Crippen LogP contribution in [0.3, 0.4) is 0 Å². The predicted molar refractivity (Wildman–Crippen MR) is 60.5 cm³/mol. The van der Waals surface area contributed by atoms with Gasteiger partial charge in [0, 0.05) is 20.0 Å². The Morgan fingerprint density at radius 2 is 2.20 bits per heavy atom. The van der Waals surface area contributed by atoms with Crippen LogP contribution >= 0.6 is 15.9 Å². The molecule has 0 atom stereocenters. The van der Waals surface area contributed by atoms with Crippen LogP contribution < -0.4 is 0 Å². The summed E-state index contributed by atoms with van der Waals surface area (Å²) in [6.07, 6.45) is 3.77. The normalized spacial score (nSPS) is 18.1. The summed E-state index contributed by atoms with van der Waals surface area (Å²) in [7, 11) is 0. The van der Waals surface area contributed by atoms with E-state index in [0.29, 0.717) is 6.04 Å². The van der Waals surface area contributed by atoms with Crippen LogP contribution in [0.1, 0.15) is 25.8 Å². The molecule has 1 fully saturated rings. The number of carbonyl (C=O) groups is 1. The molecule has 82 valence electrons. The van der Waals surface area contributed by atoms with E-state index >= 15 is 0 Å². The van der Waals surface area contributed by atoms with Gasteiger partial charge in [-0.15, -0.1) is 0 Å². The van der Waals surface area contributed by atoms with E-state index in [1.165, 1.54) is 0 Å². The minimum Gasteiger partial charge on any atom is -0.343 e. The van der Waals surface area contributed by atoms with Crippen molar-refractivity contribution in [1.82, 2.24) is 14.7 Å². The number of nitrogens with zero attached hydrogens (tertiary/aromatic N) is 3. The van der Waals surface area contributed by atoms with Gasteiger partial charge in [0.15, 0.2) is 0 Å². The zero-order chi connectivity index (χ0) is 10.8. The molecule has 0 aliphatic carbocycles. The van der Waals surface area contributed by atoms with Gasteiger partial charge in [0.2, 0.25) is 5.91 Å². The van der Waals surface area contributed by atoms with E-state index in [4.69, 9.17) is 0 Å². The standard InChI is InChI=1S/C10H14BrN3O/c1-8(15)13-6-3-9(4-7-13)14-10(11)2-5-12-14/h2,5,9H,3-4,6-7H2,1H3. The molecule has 5 heteroatoms. The van der Waals surface area contributed by atoms with Crippen LogP contribution in [-0.4, -0.2) is 33.7 Å². The van der Waals surface area contributed by atoms with E-state index in [0.717, 1.165) is 30.5 Å². The van der Waals surface area contributed by atoms with Crippen LogP contribution in [0.5, 0.6) is 0 Å². The quantitative estimate of drug-likeness (QED) is 0.782. The van der Waals surface area contributed by atoms with Crippen molar-refractivity contribution in [2.24, 2.45) is 0 Å². The highest BCUT2D eigenvalue weighted by molar-refractivity contribution is 9.10. The van der Waals surface area contributed by atoms with Gasteiger partial charge in [-0.3, -0.25) is 9.48 Å². The average Bonchev–Trinajstić information content (AvgIpc) is 2.65. The topological polar surface area (TPSA) is 38.1 Å². The Morgan fingerprint density at radius 1 is 1.53 bits per heavy atom. The summed E-state index contributed by atoms with van der Waals surface area (Å²) in [5.41, 5.74) is 0. The van der Waals surface area contributed by atoms with Gasteiger partial charge >= 0.3 is 0 Å². The Labute approximate surface area is 97.4 Å². The molecule has 0 radical (unpaired) electrons. The first kappa shape index (κ1) is 10.7. The number of likely N-dealkylation sites (tertiary alicyclic amines) is 1. The summed E-state index contributed by atoms with van der Waals surface area (Å²) < 4.78 is 3.01. The summed E-state index contributed by atoms with van der Waals surface area (Å²) in [6.45, 7) is 3.31. The van der Waals surface area contributed by atoms with Crippen molar-refractivity contribution in [3.8, 4) is 0 Å². The molecule has 0 spiro atoms. The monoisotopic (exact) mass is 271 g/mol. The Balaban J connectivity index is 2.00. The molecule has 0 saturated carbocycles. The first-order valence-electron chi connectivity index (χ1n) is 5.13. The molecule has 1 saturated heterocycles. The van der Waals surface area contributed by atoms with Crippen LogP contribution in [-0.2, 0) is 4.79 Å². The summed E-state index contributed by atoms with van der Waals surface area (Å²) in [5, 5.41) is 4.28. The molecular weight excluding hydrogens is 258 g/mol. The zero-order valence-corrected chi connectivity index (χ0v) is 10.3. The maximum absolute atomic E-state index is 11.2. The summed E-state index contributed by atoms with van der Waals surface area (Å²) >= 11 is 3.47. The van der Waals surface area contributed by atoms with Crippen LogP contribution in [0.25, 0.3) is 0 Å². The van der Waals surface area contributed by atoms with Gasteiger partial charge in [-0.25, -0.2) is 0 Å². The fourth-order valence-electron chi connectivity index (χ4n) is 1.99. The third kappa shape index (κ3) is 2.22. The molecule has 0 bridgehead atoms. The van der Waals surface area contributed by atoms with E-state index in [1.54, 1.807) is 13.1 Å². The molecule has 1 aromatic heterocycles. The fourth-order valence-corrected chi connectivity index (χ4v) is 2.49. The van der Waals surface area contributed by atoms with Crippen LogP contribution in [0.2, 0.25) is 0 Å². The summed E-state index contributed by atoms with van der Waals surface area (Å²) in [6, 6.07) is 2.36. The summed E-state index contributed by atoms with van der Waals surface area (Å²) in [5.74, 6) is 0.174. The van der Waals surface area contributed by atoms with E-state index < -0.39 is 0 Å². The first-order chi connectivity index (χ1) is 7.18. The minimum absolute atomic E-state index is 0.174. The van der Waals surface area contributed by atoms with Crippen molar-refractivity contribution in [2.75, 3.05) is 13.1 Å². The average molecular weight is 272 g/mol. The van der Waals surface area contributed by atoms with E-state index in [9.17, 15) is 4.79 Å². The predicted octanol–water partition coefficient (Wildman–Crippen LogP) is 1.83. The fraction of sp³-hybridized carbons (Fsp3) is 0.600. The number of halogens is 1. The molecule has 1 aliphatic rings. The van der Waals surface area contributed by atoms with Crippen LogP contribution in [0.15, 0.2) is 16.9 Å². The number of piperidine rings is 1. The lowest BCUT2D eigenvalue weighted by molar-refractivity contribution is -0.130. The molecule has 1 aromatic rings. The summed E-state index contributed by atoms with van der Waals surface area (Å²) in [4.78, 5) is 13.0. The lowest BCUT2D eigenvalue weighted by atomic mass is 10.1. The van der Waals surface area contributed by atoms with Gasteiger partial charge in [0.05, 0.1) is 12.2 Å². The highest BCUT2D eigenvalue weighted by atomic mass is 79.9. The van der Waals surface area contributed by atoms with E-state index in [-0.39, 0.29) is 5.91 Å². The number of hydrogen-bond acceptors (Lipinski definition) is 2. The second kappa shape index (κ2) is 4.35. The molecule has 2 rings (SSSR count). The van der Waals surface area contributed by atoms with Gasteiger partial charge < -0.3 is 4.90 Å². The Bertz CT molecular complexity index is 355. The van der Waals surface area contributed by atoms with E-state index in [1.807, 2.05) is 15.6 Å². The third-order valence-electron chi connectivity index (χ3n) is 2.88. The van der Waals surface area contributed by atoms with Crippen LogP contribution in [0.4, 0.5) is 0 Å². The number of aromatic nitrogens is 2. The smallest absolute Gasteiger partial charge is 0.219 e. The van der Waals surface area contributed by atoms with E-state index in [2.05, 4.69) is 21.0 Å². The van der Waals surface area contributed by atoms with Gasteiger partial charge in [0.1, 0.15) is 4.60 Å². The Hall–Kier alpha value is -0.840. The molecular formula is C10H14BrN3O. The Morgan fingerprint density at radius 3 is 2.67 bits per heavy atom. The van der Waals surface area contributed by atoms with Crippen molar-refractivity contribution in [3.63, 3.8) is 0 Å². The number of hydrogen-bond donors (Lipinski definition) is 0. The van der Waals surface area contributed by atoms with Crippen molar-refractivity contribution < 1.29 is 4.79 Å². The first-order valence-corrected chi connectivity index (χ1v) is 5.92.